The van der Waals surface area contributed by atoms with E-state index in [1.807, 2.05) is 7.05 Å². The molecule has 6 heteroatoms. The summed E-state index contributed by atoms with van der Waals surface area (Å²) in [5.41, 5.74) is 0. The molecule has 0 amide bonds. The van der Waals surface area contributed by atoms with Crippen LogP contribution in [0.2, 0.25) is 0 Å². The van der Waals surface area contributed by atoms with E-state index in [0.717, 1.165) is 25.8 Å². The molecule has 1 saturated carbocycles. The van der Waals surface area contributed by atoms with Gasteiger partial charge in [-0.3, -0.25) is 0 Å². The Kier molecular flexibility index (Phi) is 6.47. The van der Waals surface area contributed by atoms with Gasteiger partial charge in [-0.15, -0.1) is 0 Å². The molecule has 1 unspecified atom stereocenters. The first-order valence-corrected chi connectivity index (χ1v) is 9.83. The molecule has 1 N–H and O–H groups in total. The minimum absolute atomic E-state index is 0.113. The highest BCUT2D eigenvalue weighted by atomic mass is 32.2. The molecule has 2 fully saturated rings. The summed E-state index contributed by atoms with van der Waals surface area (Å²) in [6, 6.07) is 0.113. The van der Waals surface area contributed by atoms with Crippen molar-refractivity contribution in [2.24, 2.45) is 5.92 Å². The van der Waals surface area contributed by atoms with Crippen molar-refractivity contribution < 1.29 is 8.42 Å². The number of hydrogen-bond acceptors (Lipinski definition) is 3. The van der Waals surface area contributed by atoms with E-state index in [1.54, 1.807) is 15.7 Å². The van der Waals surface area contributed by atoms with E-state index in [0.29, 0.717) is 19.0 Å². The van der Waals surface area contributed by atoms with Gasteiger partial charge < -0.3 is 5.32 Å². The second kappa shape index (κ2) is 7.90. The molecule has 2 rings (SSSR count). The minimum Gasteiger partial charge on any atom is -0.318 e. The Bertz CT molecular complexity index is 405. The van der Waals surface area contributed by atoms with Crippen molar-refractivity contribution in [3.8, 4) is 0 Å². The molecule has 0 aromatic rings. The fourth-order valence-electron chi connectivity index (χ4n) is 3.72. The smallest absolute Gasteiger partial charge is 0.282 e. The number of hydrogen-bond donors (Lipinski definition) is 1. The van der Waals surface area contributed by atoms with Crippen LogP contribution in [0.5, 0.6) is 0 Å². The molecule has 0 aromatic carbocycles. The van der Waals surface area contributed by atoms with Crippen LogP contribution < -0.4 is 5.32 Å². The van der Waals surface area contributed by atoms with E-state index in [-0.39, 0.29) is 6.04 Å². The molecule has 0 bridgehead atoms. The Labute approximate surface area is 130 Å². The van der Waals surface area contributed by atoms with Crippen molar-refractivity contribution in [1.29, 1.82) is 0 Å². The number of rotatable bonds is 6. The van der Waals surface area contributed by atoms with Crippen LogP contribution in [0.25, 0.3) is 0 Å². The maximum Gasteiger partial charge on any atom is 0.282 e. The second-order valence-electron chi connectivity index (χ2n) is 6.61. The normalized spacial score (nSPS) is 26.3. The van der Waals surface area contributed by atoms with Crippen LogP contribution in [0.3, 0.4) is 0 Å². The van der Waals surface area contributed by atoms with Gasteiger partial charge in [0.25, 0.3) is 10.2 Å². The van der Waals surface area contributed by atoms with Crippen molar-refractivity contribution in [3.05, 3.63) is 0 Å². The Morgan fingerprint density at radius 2 is 1.76 bits per heavy atom. The van der Waals surface area contributed by atoms with Gasteiger partial charge in [-0.25, -0.2) is 0 Å². The van der Waals surface area contributed by atoms with E-state index in [9.17, 15) is 8.42 Å². The summed E-state index contributed by atoms with van der Waals surface area (Å²) in [6.45, 7) is 2.10. The van der Waals surface area contributed by atoms with Gasteiger partial charge in [0, 0.05) is 32.7 Å². The van der Waals surface area contributed by atoms with Gasteiger partial charge in [0.2, 0.25) is 0 Å². The highest BCUT2D eigenvalue weighted by molar-refractivity contribution is 7.86. The molecule has 0 aromatic heterocycles. The summed E-state index contributed by atoms with van der Waals surface area (Å²) >= 11 is 0. The van der Waals surface area contributed by atoms with E-state index in [1.165, 1.54) is 32.1 Å². The number of likely N-dealkylation sites (N-methyl/N-ethyl adjacent to an activating group) is 1. The zero-order chi connectivity index (χ0) is 15.3. The lowest BCUT2D eigenvalue weighted by Gasteiger charge is -2.38. The Hall–Kier alpha value is -0.170. The Morgan fingerprint density at radius 1 is 1.10 bits per heavy atom. The largest absolute Gasteiger partial charge is 0.318 e. The van der Waals surface area contributed by atoms with Crippen LogP contribution in [0.1, 0.15) is 51.4 Å². The van der Waals surface area contributed by atoms with Gasteiger partial charge in [0.05, 0.1) is 0 Å². The summed E-state index contributed by atoms with van der Waals surface area (Å²) < 4.78 is 29.1. The molecule has 0 radical (unpaired) electrons. The van der Waals surface area contributed by atoms with Crippen LogP contribution in [0.15, 0.2) is 0 Å². The van der Waals surface area contributed by atoms with Crippen molar-refractivity contribution in [3.63, 3.8) is 0 Å². The first-order valence-electron chi connectivity index (χ1n) is 8.43. The summed E-state index contributed by atoms with van der Waals surface area (Å²) in [7, 11) is 0.347. The zero-order valence-corrected chi connectivity index (χ0v) is 14.4. The summed E-state index contributed by atoms with van der Waals surface area (Å²) in [4.78, 5) is 0. The SMILES string of the molecule is CNCC1CCCCN1S(=O)(=O)N(C)CC1CCCCC1. The van der Waals surface area contributed by atoms with E-state index < -0.39 is 10.2 Å². The summed E-state index contributed by atoms with van der Waals surface area (Å²) in [6.07, 6.45) is 9.26. The molecule has 5 nitrogen and oxygen atoms in total. The summed E-state index contributed by atoms with van der Waals surface area (Å²) in [5.74, 6) is 0.547. The van der Waals surface area contributed by atoms with Crippen molar-refractivity contribution in [2.45, 2.75) is 57.4 Å². The van der Waals surface area contributed by atoms with E-state index in [2.05, 4.69) is 5.32 Å². The second-order valence-corrected chi connectivity index (χ2v) is 8.60. The first-order chi connectivity index (χ1) is 10.1. The molecule has 1 atom stereocenters. The molecule has 2 aliphatic rings. The lowest BCUT2D eigenvalue weighted by atomic mass is 9.89. The van der Waals surface area contributed by atoms with Crippen molar-refractivity contribution in [2.75, 3.05) is 33.7 Å². The average molecular weight is 317 g/mol. The van der Waals surface area contributed by atoms with Gasteiger partial charge in [-0.1, -0.05) is 25.7 Å². The van der Waals surface area contributed by atoms with Gasteiger partial charge in [-0.2, -0.15) is 17.0 Å². The standard InChI is InChI=1S/C15H31N3O2S/c1-16-12-15-10-6-7-11-18(15)21(19,20)17(2)13-14-8-4-3-5-9-14/h14-16H,3-13H2,1-2H3. The number of nitrogens with one attached hydrogen (secondary N) is 1. The molecule has 1 saturated heterocycles. The fourth-order valence-corrected chi connectivity index (χ4v) is 5.40. The third-order valence-electron chi connectivity index (χ3n) is 4.94. The average Bonchev–Trinajstić information content (AvgIpc) is 2.49. The molecule has 0 spiro atoms. The lowest BCUT2D eigenvalue weighted by Crippen LogP contribution is -2.53. The van der Waals surface area contributed by atoms with Gasteiger partial charge in [0.15, 0.2) is 0 Å². The molecule has 124 valence electrons. The molecule has 21 heavy (non-hydrogen) atoms. The quantitative estimate of drug-likeness (QED) is 0.813. The Morgan fingerprint density at radius 3 is 2.43 bits per heavy atom. The molecule has 1 heterocycles. The zero-order valence-electron chi connectivity index (χ0n) is 13.6. The fraction of sp³-hybridized carbons (Fsp3) is 1.00. The lowest BCUT2D eigenvalue weighted by molar-refractivity contribution is 0.223. The van der Waals surface area contributed by atoms with Crippen LogP contribution in [0, 0.1) is 5.92 Å². The molecular formula is C15H31N3O2S. The van der Waals surface area contributed by atoms with Crippen LogP contribution in [0.4, 0.5) is 0 Å². The minimum atomic E-state index is -3.31. The molecule has 1 aliphatic carbocycles. The molecular weight excluding hydrogens is 286 g/mol. The van der Waals surface area contributed by atoms with E-state index in [4.69, 9.17) is 0 Å². The topological polar surface area (TPSA) is 52.7 Å². The van der Waals surface area contributed by atoms with Gasteiger partial charge in [-0.05, 0) is 38.6 Å². The maximum atomic E-state index is 12.9. The predicted molar refractivity (Wildman–Crippen MR) is 86.4 cm³/mol. The third kappa shape index (κ3) is 4.41. The van der Waals surface area contributed by atoms with Crippen molar-refractivity contribution >= 4 is 10.2 Å². The predicted octanol–water partition coefficient (Wildman–Crippen LogP) is 1.82. The van der Waals surface area contributed by atoms with Crippen LogP contribution in [-0.2, 0) is 10.2 Å². The molecule has 1 aliphatic heterocycles. The Balaban J connectivity index is 2.00. The first kappa shape index (κ1) is 17.2. The van der Waals surface area contributed by atoms with E-state index >= 15 is 0 Å². The van der Waals surface area contributed by atoms with Crippen LogP contribution in [-0.4, -0.2) is 56.8 Å². The van der Waals surface area contributed by atoms with Crippen LogP contribution >= 0.6 is 0 Å². The van der Waals surface area contributed by atoms with Gasteiger partial charge >= 0.3 is 0 Å². The highest BCUT2D eigenvalue weighted by Gasteiger charge is 2.35. The maximum absolute atomic E-state index is 12.9. The highest BCUT2D eigenvalue weighted by Crippen LogP contribution is 2.27. The van der Waals surface area contributed by atoms with Crippen molar-refractivity contribution in [1.82, 2.24) is 13.9 Å². The van der Waals surface area contributed by atoms with Gasteiger partial charge in [0.1, 0.15) is 0 Å². The number of piperidine rings is 1. The number of nitrogens with zero attached hydrogens (tertiary/aromatic N) is 2. The monoisotopic (exact) mass is 317 g/mol. The third-order valence-corrected chi connectivity index (χ3v) is 6.95. The summed E-state index contributed by atoms with van der Waals surface area (Å²) in [5, 5.41) is 3.14.